The van der Waals surface area contributed by atoms with E-state index in [0.717, 1.165) is 17.0 Å². The van der Waals surface area contributed by atoms with E-state index in [0.29, 0.717) is 28.6 Å². The third-order valence-electron chi connectivity index (χ3n) is 6.81. The van der Waals surface area contributed by atoms with Crippen LogP contribution in [0.25, 0.3) is 0 Å². The summed E-state index contributed by atoms with van der Waals surface area (Å²) in [5, 5.41) is 5.31. The average molecular weight is 446 g/mol. The highest BCUT2D eigenvalue weighted by Gasteiger charge is 2.59. The molecule has 4 aliphatic rings. The van der Waals surface area contributed by atoms with E-state index in [9.17, 15) is 9.59 Å². The Morgan fingerprint density at radius 3 is 2.58 bits per heavy atom. The Labute approximate surface area is 190 Å². The number of carbonyl (C=O) groups is 2. The Hall–Kier alpha value is -3.81. The molecule has 0 spiro atoms. The minimum atomic E-state index is -0.281. The number of nitrogens with zero attached hydrogens (tertiary/aromatic N) is 2. The number of hydrogen-bond donors (Lipinski definition) is 0. The molecule has 168 valence electrons. The number of allylic oxidation sites excluding steroid dienone is 2. The summed E-state index contributed by atoms with van der Waals surface area (Å²) >= 11 is 0. The molecule has 0 aromatic heterocycles. The summed E-state index contributed by atoms with van der Waals surface area (Å²) in [7, 11) is 1.56. The Bertz CT molecular complexity index is 1180. The van der Waals surface area contributed by atoms with E-state index in [2.05, 4.69) is 17.3 Å². The number of hydrazone groups is 1. The Morgan fingerprint density at radius 2 is 1.82 bits per heavy atom. The lowest BCUT2D eigenvalue weighted by molar-refractivity contribution is -0.140. The first kappa shape index (κ1) is 19.8. The van der Waals surface area contributed by atoms with Gasteiger partial charge in [0.2, 0.25) is 6.79 Å². The summed E-state index contributed by atoms with van der Waals surface area (Å²) in [6.07, 6.45) is 6.50. The standard InChI is InChI=1S/C25H22N2O6/c1-30-19-4-2-3-17(23(19)31-12-14-5-8-18-20(9-14)33-13-32-18)11-26-27-24(28)21-15-6-7-16(10-15)22(21)25(27)29/h2-9,11,15-16,21-22H,10,12-13H2,1H3/t15-,16-,21-,22+/m0/s1. The Kier molecular flexibility index (Phi) is 4.60. The summed E-state index contributed by atoms with van der Waals surface area (Å²) in [5.41, 5.74) is 1.50. The van der Waals surface area contributed by atoms with Crippen LogP contribution in [0.15, 0.2) is 53.7 Å². The van der Waals surface area contributed by atoms with Crippen molar-refractivity contribution >= 4 is 18.0 Å². The van der Waals surface area contributed by atoms with Crippen LogP contribution < -0.4 is 18.9 Å². The van der Waals surface area contributed by atoms with Crippen LogP contribution in [0.2, 0.25) is 0 Å². The fourth-order valence-corrected chi connectivity index (χ4v) is 5.26. The number of amides is 2. The van der Waals surface area contributed by atoms with E-state index in [4.69, 9.17) is 18.9 Å². The van der Waals surface area contributed by atoms with E-state index in [-0.39, 0.29) is 48.9 Å². The summed E-state index contributed by atoms with van der Waals surface area (Å²) in [6.45, 7) is 0.471. The zero-order valence-corrected chi connectivity index (χ0v) is 18.0. The summed E-state index contributed by atoms with van der Waals surface area (Å²) in [6, 6.07) is 11.0. The largest absolute Gasteiger partial charge is 0.493 e. The van der Waals surface area contributed by atoms with E-state index >= 15 is 0 Å². The van der Waals surface area contributed by atoms with Crippen molar-refractivity contribution in [1.82, 2.24) is 5.01 Å². The van der Waals surface area contributed by atoms with E-state index in [1.54, 1.807) is 25.3 Å². The van der Waals surface area contributed by atoms with Gasteiger partial charge in [0.25, 0.3) is 11.8 Å². The number of ether oxygens (including phenoxy) is 4. The van der Waals surface area contributed by atoms with Crippen LogP contribution in [0.5, 0.6) is 23.0 Å². The molecule has 0 unspecified atom stereocenters. The molecule has 0 radical (unpaired) electrons. The molecule has 8 heteroatoms. The van der Waals surface area contributed by atoms with Crippen molar-refractivity contribution in [3.63, 3.8) is 0 Å². The van der Waals surface area contributed by atoms with Gasteiger partial charge in [-0.3, -0.25) is 9.59 Å². The summed E-state index contributed by atoms with van der Waals surface area (Å²) in [4.78, 5) is 25.8. The molecule has 2 fully saturated rings. The normalized spacial score (nSPS) is 26.5. The van der Waals surface area contributed by atoms with Gasteiger partial charge in [-0.15, -0.1) is 0 Å². The first-order valence-electron chi connectivity index (χ1n) is 10.9. The first-order chi connectivity index (χ1) is 16.1. The summed E-state index contributed by atoms with van der Waals surface area (Å²) in [5.74, 6) is 1.68. The van der Waals surface area contributed by atoms with Crippen LogP contribution in [0.1, 0.15) is 17.5 Å². The number of benzene rings is 2. The minimum Gasteiger partial charge on any atom is -0.493 e. The van der Waals surface area contributed by atoms with Gasteiger partial charge in [-0.2, -0.15) is 10.1 Å². The molecule has 2 aliphatic carbocycles. The molecule has 2 heterocycles. The van der Waals surface area contributed by atoms with Crippen molar-refractivity contribution in [2.45, 2.75) is 13.0 Å². The quantitative estimate of drug-likeness (QED) is 0.385. The van der Waals surface area contributed by atoms with Gasteiger partial charge < -0.3 is 18.9 Å². The van der Waals surface area contributed by atoms with Gasteiger partial charge in [0.15, 0.2) is 23.0 Å². The first-order valence-corrected chi connectivity index (χ1v) is 10.9. The Balaban J connectivity index is 1.23. The van der Waals surface area contributed by atoms with Crippen molar-refractivity contribution in [3.8, 4) is 23.0 Å². The number of hydrogen-bond acceptors (Lipinski definition) is 7. The molecule has 1 saturated carbocycles. The van der Waals surface area contributed by atoms with Crippen molar-refractivity contribution in [2.24, 2.45) is 28.8 Å². The highest BCUT2D eigenvalue weighted by Crippen LogP contribution is 2.52. The predicted octanol–water partition coefficient (Wildman–Crippen LogP) is 3.14. The fraction of sp³-hybridized carbons (Fsp3) is 0.320. The molecule has 8 nitrogen and oxygen atoms in total. The third kappa shape index (κ3) is 3.16. The van der Waals surface area contributed by atoms with Gasteiger partial charge >= 0.3 is 0 Å². The highest BCUT2D eigenvalue weighted by atomic mass is 16.7. The van der Waals surface area contributed by atoms with Gasteiger partial charge in [0.05, 0.1) is 25.2 Å². The molecular formula is C25H22N2O6. The van der Waals surface area contributed by atoms with E-state index in [1.165, 1.54) is 6.21 Å². The average Bonchev–Trinajstić information content (AvgIpc) is 3.61. The topological polar surface area (TPSA) is 86.7 Å². The van der Waals surface area contributed by atoms with Crippen molar-refractivity contribution in [1.29, 1.82) is 0 Å². The lowest BCUT2D eigenvalue weighted by atomic mass is 9.85. The molecule has 4 atom stereocenters. The second-order valence-corrected chi connectivity index (χ2v) is 8.59. The maximum absolute atomic E-state index is 12.9. The number of para-hydroxylation sites is 1. The maximum Gasteiger partial charge on any atom is 0.254 e. The third-order valence-corrected chi connectivity index (χ3v) is 6.81. The van der Waals surface area contributed by atoms with E-state index < -0.39 is 0 Å². The molecule has 0 N–H and O–H groups in total. The lowest BCUT2D eigenvalue weighted by Gasteiger charge is -2.14. The zero-order valence-electron chi connectivity index (χ0n) is 18.0. The minimum absolute atomic E-state index is 0.147. The molecule has 2 aromatic rings. The number of carbonyl (C=O) groups excluding carboxylic acids is 2. The van der Waals surface area contributed by atoms with Crippen LogP contribution in [0.3, 0.4) is 0 Å². The number of imide groups is 1. The van der Waals surface area contributed by atoms with Gasteiger partial charge in [0.1, 0.15) is 6.61 Å². The second kappa shape index (κ2) is 7.65. The smallest absolute Gasteiger partial charge is 0.254 e. The van der Waals surface area contributed by atoms with E-state index in [1.807, 2.05) is 18.2 Å². The van der Waals surface area contributed by atoms with Crippen LogP contribution in [-0.4, -0.2) is 36.9 Å². The molecule has 33 heavy (non-hydrogen) atoms. The van der Waals surface area contributed by atoms with Crippen molar-refractivity contribution < 1.29 is 28.5 Å². The van der Waals surface area contributed by atoms with Gasteiger partial charge in [0, 0.05) is 5.56 Å². The molecule has 2 amide bonds. The van der Waals surface area contributed by atoms with Gasteiger partial charge in [-0.1, -0.05) is 24.3 Å². The van der Waals surface area contributed by atoms with Crippen LogP contribution in [0, 0.1) is 23.7 Å². The molecule has 1 saturated heterocycles. The number of rotatable bonds is 6. The van der Waals surface area contributed by atoms with Crippen LogP contribution >= 0.6 is 0 Å². The molecule has 2 aromatic carbocycles. The second-order valence-electron chi connectivity index (χ2n) is 8.59. The summed E-state index contributed by atoms with van der Waals surface area (Å²) < 4.78 is 22.3. The number of methoxy groups -OCH3 is 1. The molecule has 2 aliphatic heterocycles. The van der Waals surface area contributed by atoms with Crippen molar-refractivity contribution in [2.75, 3.05) is 13.9 Å². The maximum atomic E-state index is 12.9. The fourth-order valence-electron chi connectivity index (χ4n) is 5.26. The predicted molar refractivity (Wildman–Crippen MR) is 117 cm³/mol. The van der Waals surface area contributed by atoms with Crippen molar-refractivity contribution in [3.05, 3.63) is 59.7 Å². The molecular weight excluding hydrogens is 424 g/mol. The van der Waals surface area contributed by atoms with Gasteiger partial charge in [-0.05, 0) is 48.1 Å². The Morgan fingerprint density at radius 1 is 1.06 bits per heavy atom. The number of fused-ring (bicyclic) bond motifs is 6. The lowest BCUT2D eigenvalue weighted by Crippen LogP contribution is -2.28. The SMILES string of the molecule is COc1cccc(C=NN2C(=O)[C@@H]3[C@H](C2=O)[C@H]2C=C[C@H]3C2)c1OCc1ccc2c(c1)OCO2. The molecule has 6 rings (SSSR count). The zero-order chi connectivity index (χ0) is 22.5. The highest BCUT2D eigenvalue weighted by molar-refractivity contribution is 6.07. The monoisotopic (exact) mass is 446 g/mol. The van der Waals surface area contributed by atoms with Crippen LogP contribution in [0.4, 0.5) is 0 Å². The molecule has 2 bridgehead atoms. The van der Waals surface area contributed by atoms with Gasteiger partial charge in [-0.25, -0.2) is 0 Å². The van der Waals surface area contributed by atoms with Crippen LogP contribution in [-0.2, 0) is 16.2 Å².